The molecule has 0 aliphatic carbocycles. The molecule has 0 radical (unpaired) electrons. The standard InChI is InChI=1S/C17H27NO2S/c1-3-4-5-6-9-14(2)19-12-13-20-16-11-8-7-10-15(16)17(18)21/h7-8,10-11,14H,3-6,9,12-13H2,1-2H3,(H2,18,21). The summed E-state index contributed by atoms with van der Waals surface area (Å²) < 4.78 is 11.5. The van der Waals surface area contributed by atoms with Gasteiger partial charge in [-0.15, -0.1) is 0 Å². The van der Waals surface area contributed by atoms with Gasteiger partial charge in [0.15, 0.2) is 0 Å². The highest BCUT2D eigenvalue weighted by Gasteiger charge is 2.06. The van der Waals surface area contributed by atoms with Crippen molar-refractivity contribution in [3.63, 3.8) is 0 Å². The first-order valence-corrected chi connectivity index (χ1v) is 8.19. The molecule has 1 atom stereocenters. The Hall–Kier alpha value is -1.13. The summed E-state index contributed by atoms with van der Waals surface area (Å²) >= 11 is 5.01. The third-order valence-electron chi connectivity index (χ3n) is 3.36. The number of ether oxygens (including phenoxy) is 2. The van der Waals surface area contributed by atoms with Crippen molar-refractivity contribution >= 4 is 17.2 Å². The molecule has 0 fully saturated rings. The van der Waals surface area contributed by atoms with Crippen LogP contribution in [0, 0.1) is 0 Å². The molecule has 1 unspecified atom stereocenters. The topological polar surface area (TPSA) is 44.5 Å². The van der Waals surface area contributed by atoms with Crippen molar-refractivity contribution in [1.29, 1.82) is 0 Å². The minimum Gasteiger partial charge on any atom is -0.490 e. The highest BCUT2D eigenvalue weighted by atomic mass is 32.1. The van der Waals surface area contributed by atoms with Gasteiger partial charge in [0, 0.05) is 0 Å². The van der Waals surface area contributed by atoms with Crippen molar-refractivity contribution < 1.29 is 9.47 Å². The number of para-hydroxylation sites is 1. The van der Waals surface area contributed by atoms with Crippen LogP contribution in [0.1, 0.15) is 51.5 Å². The van der Waals surface area contributed by atoms with Gasteiger partial charge in [-0.05, 0) is 25.5 Å². The number of hydrogen-bond donors (Lipinski definition) is 1. The van der Waals surface area contributed by atoms with Crippen LogP contribution in [0.2, 0.25) is 0 Å². The minimum atomic E-state index is 0.288. The molecule has 0 amide bonds. The van der Waals surface area contributed by atoms with Gasteiger partial charge in [0.1, 0.15) is 17.3 Å². The average Bonchev–Trinajstić information content (AvgIpc) is 2.48. The normalized spacial score (nSPS) is 12.1. The quantitative estimate of drug-likeness (QED) is 0.494. The molecule has 0 saturated carbocycles. The zero-order chi connectivity index (χ0) is 15.5. The Morgan fingerprint density at radius 2 is 1.95 bits per heavy atom. The Bertz CT molecular complexity index is 423. The van der Waals surface area contributed by atoms with E-state index in [4.69, 9.17) is 27.4 Å². The van der Waals surface area contributed by atoms with Crippen LogP contribution in [0.4, 0.5) is 0 Å². The summed E-state index contributed by atoms with van der Waals surface area (Å²) in [6.07, 6.45) is 6.51. The van der Waals surface area contributed by atoms with Crippen molar-refractivity contribution in [1.82, 2.24) is 0 Å². The predicted octanol–water partition coefficient (Wildman–Crippen LogP) is 4.08. The van der Waals surface area contributed by atoms with Crippen molar-refractivity contribution in [2.24, 2.45) is 5.73 Å². The second-order valence-electron chi connectivity index (χ2n) is 5.24. The molecule has 4 heteroatoms. The lowest BCUT2D eigenvalue weighted by Crippen LogP contribution is -2.16. The number of unbranched alkanes of at least 4 members (excludes halogenated alkanes) is 3. The summed E-state index contributed by atoms with van der Waals surface area (Å²) in [5.74, 6) is 0.726. The van der Waals surface area contributed by atoms with Crippen LogP contribution < -0.4 is 10.5 Å². The van der Waals surface area contributed by atoms with E-state index >= 15 is 0 Å². The monoisotopic (exact) mass is 309 g/mol. The van der Waals surface area contributed by atoms with Crippen LogP contribution in [-0.4, -0.2) is 24.3 Å². The Kier molecular flexibility index (Phi) is 9.02. The third-order valence-corrected chi connectivity index (χ3v) is 3.58. The molecule has 118 valence electrons. The summed E-state index contributed by atoms with van der Waals surface area (Å²) in [4.78, 5) is 0.357. The van der Waals surface area contributed by atoms with E-state index in [0.29, 0.717) is 18.2 Å². The van der Waals surface area contributed by atoms with E-state index in [9.17, 15) is 0 Å². The number of nitrogens with two attached hydrogens (primary N) is 1. The molecule has 3 nitrogen and oxygen atoms in total. The van der Waals surface area contributed by atoms with E-state index in [2.05, 4.69) is 13.8 Å². The molecule has 0 heterocycles. The van der Waals surface area contributed by atoms with Crippen molar-refractivity contribution in [2.45, 2.75) is 52.1 Å². The van der Waals surface area contributed by atoms with Crippen LogP contribution in [0.3, 0.4) is 0 Å². The number of thiocarbonyl (C=S) groups is 1. The molecule has 1 rings (SSSR count). The highest BCUT2D eigenvalue weighted by Crippen LogP contribution is 2.17. The minimum absolute atomic E-state index is 0.288. The third kappa shape index (κ3) is 7.44. The van der Waals surface area contributed by atoms with Gasteiger partial charge in [-0.25, -0.2) is 0 Å². The molecule has 0 aromatic heterocycles. The van der Waals surface area contributed by atoms with Crippen molar-refractivity contribution in [2.75, 3.05) is 13.2 Å². The molecule has 0 spiro atoms. The first-order valence-electron chi connectivity index (χ1n) is 7.78. The second-order valence-corrected chi connectivity index (χ2v) is 5.68. The van der Waals surface area contributed by atoms with Gasteiger partial charge in [0.2, 0.25) is 0 Å². The summed E-state index contributed by atoms with van der Waals surface area (Å²) in [6.45, 7) is 5.44. The first kappa shape index (κ1) is 17.9. The molecular weight excluding hydrogens is 282 g/mol. The molecule has 0 aliphatic heterocycles. The molecule has 2 N–H and O–H groups in total. The maximum absolute atomic E-state index is 5.76. The van der Waals surface area contributed by atoms with Gasteiger partial charge in [-0.2, -0.15) is 0 Å². The van der Waals surface area contributed by atoms with E-state index in [1.807, 2.05) is 24.3 Å². The zero-order valence-corrected chi connectivity index (χ0v) is 14.0. The molecule has 1 aromatic rings. The molecule has 21 heavy (non-hydrogen) atoms. The van der Waals surface area contributed by atoms with Gasteiger partial charge in [0.25, 0.3) is 0 Å². The Labute approximate surface area is 133 Å². The largest absolute Gasteiger partial charge is 0.490 e. The zero-order valence-electron chi connectivity index (χ0n) is 13.1. The smallest absolute Gasteiger partial charge is 0.129 e. The fourth-order valence-corrected chi connectivity index (χ4v) is 2.31. The lowest BCUT2D eigenvalue weighted by molar-refractivity contribution is 0.0384. The van der Waals surface area contributed by atoms with Gasteiger partial charge in [-0.3, -0.25) is 0 Å². The van der Waals surface area contributed by atoms with Crippen LogP contribution in [0.15, 0.2) is 24.3 Å². The van der Waals surface area contributed by atoms with E-state index in [1.165, 1.54) is 25.7 Å². The van der Waals surface area contributed by atoms with Crippen LogP contribution in [0.25, 0.3) is 0 Å². The maximum atomic E-state index is 5.76. The Morgan fingerprint density at radius 3 is 2.67 bits per heavy atom. The summed E-state index contributed by atoms with van der Waals surface area (Å²) in [7, 11) is 0. The molecule has 0 aliphatic rings. The summed E-state index contributed by atoms with van der Waals surface area (Å²) in [5, 5.41) is 0. The average molecular weight is 309 g/mol. The van der Waals surface area contributed by atoms with Crippen LogP contribution >= 0.6 is 12.2 Å². The number of benzene rings is 1. The van der Waals surface area contributed by atoms with E-state index in [-0.39, 0.29) is 6.10 Å². The first-order chi connectivity index (χ1) is 10.1. The van der Waals surface area contributed by atoms with E-state index in [1.54, 1.807) is 0 Å². The van der Waals surface area contributed by atoms with Crippen molar-refractivity contribution in [3.8, 4) is 5.75 Å². The van der Waals surface area contributed by atoms with Gasteiger partial charge >= 0.3 is 0 Å². The van der Waals surface area contributed by atoms with Gasteiger partial charge < -0.3 is 15.2 Å². The fraction of sp³-hybridized carbons (Fsp3) is 0.588. The SMILES string of the molecule is CCCCCCC(C)OCCOc1ccccc1C(N)=S. The lowest BCUT2D eigenvalue weighted by atomic mass is 10.1. The molecule has 1 aromatic carbocycles. The molecule has 0 saturated heterocycles. The molecular formula is C17H27NO2S. The summed E-state index contributed by atoms with van der Waals surface area (Å²) in [5.41, 5.74) is 6.44. The molecule has 0 bridgehead atoms. The highest BCUT2D eigenvalue weighted by molar-refractivity contribution is 7.80. The second kappa shape index (κ2) is 10.6. The van der Waals surface area contributed by atoms with E-state index in [0.717, 1.165) is 17.7 Å². The van der Waals surface area contributed by atoms with Crippen LogP contribution in [0.5, 0.6) is 5.75 Å². The number of hydrogen-bond acceptors (Lipinski definition) is 3. The van der Waals surface area contributed by atoms with Gasteiger partial charge in [0.05, 0.1) is 18.3 Å². The summed E-state index contributed by atoms with van der Waals surface area (Å²) in [6, 6.07) is 7.56. The van der Waals surface area contributed by atoms with Crippen molar-refractivity contribution in [3.05, 3.63) is 29.8 Å². The van der Waals surface area contributed by atoms with E-state index < -0.39 is 0 Å². The predicted molar refractivity (Wildman–Crippen MR) is 92.0 cm³/mol. The van der Waals surface area contributed by atoms with Crippen LogP contribution in [-0.2, 0) is 4.74 Å². The lowest BCUT2D eigenvalue weighted by Gasteiger charge is -2.14. The Morgan fingerprint density at radius 1 is 1.19 bits per heavy atom. The maximum Gasteiger partial charge on any atom is 0.129 e. The Balaban J connectivity index is 2.21. The van der Waals surface area contributed by atoms with Gasteiger partial charge in [-0.1, -0.05) is 57.0 Å². The fourth-order valence-electron chi connectivity index (χ4n) is 2.14. The number of rotatable bonds is 11.